The van der Waals surface area contributed by atoms with E-state index in [-0.39, 0.29) is 5.75 Å². The van der Waals surface area contributed by atoms with Gasteiger partial charge in [0.05, 0.1) is 7.11 Å². The van der Waals surface area contributed by atoms with Gasteiger partial charge >= 0.3 is 0 Å². The van der Waals surface area contributed by atoms with Crippen LogP contribution in [-0.2, 0) is 6.42 Å². The topological polar surface area (TPSA) is 59.7 Å². The summed E-state index contributed by atoms with van der Waals surface area (Å²) in [4.78, 5) is 4.32. The van der Waals surface area contributed by atoms with Crippen molar-refractivity contribution >= 4 is 5.65 Å². The van der Waals surface area contributed by atoms with E-state index < -0.39 is 0 Å². The maximum absolute atomic E-state index is 9.68. The molecule has 0 fully saturated rings. The van der Waals surface area contributed by atoms with Crippen LogP contribution in [0.4, 0.5) is 0 Å². The minimum Gasteiger partial charge on any atom is -0.504 e. The zero-order valence-electron chi connectivity index (χ0n) is 10.4. The van der Waals surface area contributed by atoms with Gasteiger partial charge in [0.2, 0.25) is 0 Å². The highest BCUT2D eigenvalue weighted by Crippen LogP contribution is 2.17. The summed E-state index contributed by atoms with van der Waals surface area (Å²) in [6.45, 7) is 0. The fourth-order valence-corrected chi connectivity index (χ4v) is 1.94. The lowest BCUT2D eigenvalue weighted by Gasteiger charge is -2.00. The molecule has 5 heteroatoms. The predicted octanol–water partition coefficient (Wildman–Crippen LogP) is 2.03. The van der Waals surface area contributed by atoms with E-state index in [9.17, 15) is 5.11 Å². The Morgan fingerprint density at radius 3 is 2.68 bits per heavy atom. The Kier molecular flexibility index (Phi) is 2.79. The van der Waals surface area contributed by atoms with Crippen molar-refractivity contribution in [2.75, 3.05) is 7.11 Å². The number of benzene rings is 1. The van der Waals surface area contributed by atoms with Crippen LogP contribution in [0.2, 0.25) is 0 Å². The molecule has 0 saturated carbocycles. The first-order valence-corrected chi connectivity index (χ1v) is 5.92. The fourth-order valence-electron chi connectivity index (χ4n) is 1.94. The molecule has 5 nitrogen and oxygen atoms in total. The molecule has 3 aromatic rings. The summed E-state index contributed by atoms with van der Waals surface area (Å²) in [7, 11) is 1.64. The van der Waals surface area contributed by atoms with E-state index in [0.29, 0.717) is 17.9 Å². The normalized spacial score (nSPS) is 10.8. The van der Waals surface area contributed by atoms with Crippen LogP contribution in [0.3, 0.4) is 0 Å². The maximum Gasteiger partial charge on any atom is 0.197 e. The summed E-state index contributed by atoms with van der Waals surface area (Å²) in [5, 5.41) is 14.0. The second-order valence-electron chi connectivity index (χ2n) is 4.21. The standard InChI is InChI=1S/C14H13N3O2/c1-19-11-6-4-10(5-7-11)9-13-15-14-12(18)3-2-8-17(14)16-13/h2-8,18H,9H2,1H3. The van der Waals surface area contributed by atoms with Gasteiger partial charge in [-0.2, -0.15) is 5.10 Å². The lowest BCUT2D eigenvalue weighted by Crippen LogP contribution is -1.92. The molecule has 0 bridgehead atoms. The van der Waals surface area contributed by atoms with Crippen LogP contribution in [0.25, 0.3) is 5.65 Å². The molecule has 3 rings (SSSR count). The molecule has 0 unspecified atom stereocenters. The number of fused-ring (bicyclic) bond motifs is 1. The molecule has 19 heavy (non-hydrogen) atoms. The van der Waals surface area contributed by atoms with Gasteiger partial charge in [-0.25, -0.2) is 9.50 Å². The van der Waals surface area contributed by atoms with Crippen molar-refractivity contribution in [1.82, 2.24) is 14.6 Å². The van der Waals surface area contributed by atoms with Crippen LogP contribution in [0.15, 0.2) is 42.6 Å². The van der Waals surface area contributed by atoms with Crippen molar-refractivity contribution in [2.24, 2.45) is 0 Å². The number of ether oxygens (including phenoxy) is 1. The van der Waals surface area contributed by atoms with Crippen molar-refractivity contribution in [2.45, 2.75) is 6.42 Å². The van der Waals surface area contributed by atoms with E-state index in [4.69, 9.17) is 4.74 Å². The van der Waals surface area contributed by atoms with Gasteiger partial charge in [-0.1, -0.05) is 12.1 Å². The maximum atomic E-state index is 9.68. The Labute approximate surface area is 110 Å². The Bertz CT molecular complexity index is 704. The van der Waals surface area contributed by atoms with Crippen molar-refractivity contribution < 1.29 is 9.84 Å². The molecule has 0 atom stereocenters. The summed E-state index contributed by atoms with van der Waals surface area (Å²) >= 11 is 0. The first-order valence-electron chi connectivity index (χ1n) is 5.92. The molecule has 2 aromatic heterocycles. The van der Waals surface area contributed by atoms with Gasteiger partial charge in [0, 0.05) is 12.6 Å². The van der Waals surface area contributed by atoms with Crippen molar-refractivity contribution in [3.8, 4) is 11.5 Å². The number of aromatic hydroxyl groups is 1. The van der Waals surface area contributed by atoms with Crippen LogP contribution >= 0.6 is 0 Å². The van der Waals surface area contributed by atoms with E-state index in [1.165, 1.54) is 0 Å². The third kappa shape index (κ3) is 2.22. The third-order valence-corrected chi connectivity index (χ3v) is 2.91. The summed E-state index contributed by atoms with van der Waals surface area (Å²) in [6, 6.07) is 11.1. The van der Waals surface area contributed by atoms with Crippen LogP contribution in [0.1, 0.15) is 11.4 Å². The quantitative estimate of drug-likeness (QED) is 0.778. The van der Waals surface area contributed by atoms with Gasteiger partial charge in [-0.05, 0) is 29.8 Å². The highest BCUT2D eigenvalue weighted by Gasteiger charge is 2.07. The molecule has 0 aliphatic heterocycles. The average Bonchev–Trinajstić information content (AvgIpc) is 2.84. The lowest BCUT2D eigenvalue weighted by atomic mass is 10.1. The Morgan fingerprint density at radius 2 is 2.00 bits per heavy atom. The molecule has 0 radical (unpaired) electrons. The molecule has 2 heterocycles. The third-order valence-electron chi connectivity index (χ3n) is 2.91. The smallest absolute Gasteiger partial charge is 0.197 e. The molecule has 0 aliphatic rings. The fraction of sp³-hybridized carbons (Fsp3) is 0.143. The van der Waals surface area contributed by atoms with Crippen LogP contribution < -0.4 is 4.74 Å². The number of aromatic nitrogens is 3. The SMILES string of the molecule is COc1ccc(Cc2nc3c(O)cccn3n2)cc1. The highest BCUT2D eigenvalue weighted by atomic mass is 16.5. The molecule has 96 valence electrons. The Hall–Kier alpha value is -2.56. The van der Waals surface area contributed by atoms with Gasteiger partial charge in [-0.15, -0.1) is 0 Å². The van der Waals surface area contributed by atoms with E-state index in [2.05, 4.69) is 10.1 Å². The Morgan fingerprint density at radius 1 is 1.21 bits per heavy atom. The molecule has 0 amide bonds. The molecule has 0 saturated heterocycles. The number of methoxy groups -OCH3 is 1. The second-order valence-corrected chi connectivity index (χ2v) is 4.21. The van der Waals surface area contributed by atoms with Gasteiger partial charge < -0.3 is 9.84 Å². The van der Waals surface area contributed by atoms with Crippen LogP contribution in [0.5, 0.6) is 11.5 Å². The first-order chi connectivity index (χ1) is 9.26. The monoisotopic (exact) mass is 255 g/mol. The van der Waals surface area contributed by atoms with Gasteiger partial charge in [-0.3, -0.25) is 0 Å². The van der Waals surface area contributed by atoms with Crippen LogP contribution in [0, 0.1) is 0 Å². The van der Waals surface area contributed by atoms with E-state index in [1.54, 1.807) is 30.0 Å². The number of pyridine rings is 1. The molecule has 1 aromatic carbocycles. The number of hydrogen-bond acceptors (Lipinski definition) is 4. The van der Waals surface area contributed by atoms with Crippen molar-refractivity contribution in [3.63, 3.8) is 0 Å². The van der Waals surface area contributed by atoms with Gasteiger partial charge in [0.15, 0.2) is 17.2 Å². The zero-order chi connectivity index (χ0) is 13.2. The summed E-state index contributed by atoms with van der Waals surface area (Å²) in [5.41, 5.74) is 1.57. The number of rotatable bonds is 3. The average molecular weight is 255 g/mol. The molecule has 0 aliphatic carbocycles. The minimum absolute atomic E-state index is 0.135. The van der Waals surface area contributed by atoms with Crippen molar-refractivity contribution in [1.29, 1.82) is 0 Å². The highest BCUT2D eigenvalue weighted by molar-refractivity contribution is 5.51. The Balaban J connectivity index is 1.90. The van der Waals surface area contributed by atoms with Gasteiger partial charge in [0.1, 0.15) is 5.75 Å². The second kappa shape index (κ2) is 4.61. The van der Waals surface area contributed by atoms with Crippen LogP contribution in [-0.4, -0.2) is 26.8 Å². The predicted molar refractivity (Wildman–Crippen MR) is 70.5 cm³/mol. The summed E-state index contributed by atoms with van der Waals surface area (Å²) in [6.07, 6.45) is 2.38. The summed E-state index contributed by atoms with van der Waals surface area (Å²) in [5.74, 6) is 1.63. The van der Waals surface area contributed by atoms with E-state index in [0.717, 1.165) is 11.3 Å². The molecule has 0 spiro atoms. The largest absolute Gasteiger partial charge is 0.504 e. The zero-order valence-corrected chi connectivity index (χ0v) is 10.4. The number of hydrogen-bond donors (Lipinski definition) is 1. The molecular formula is C14H13N3O2. The van der Waals surface area contributed by atoms with E-state index >= 15 is 0 Å². The summed E-state index contributed by atoms with van der Waals surface area (Å²) < 4.78 is 6.69. The minimum atomic E-state index is 0.135. The number of nitrogens with zero attached hydrogens (tertiary/aromatic N) is 3. The lowest BCUT2D eigenvalue weighted by molar-refractivity contribution is 0.414. The van der Waals surface area contributed by atoms with Crippen molar-refractivity contribution in [3.05, 3.63) is 54.0 Å². The van der Waals surface area contributed by atoms with E-state index in [1.807, 2.05) is 24.3 Å². The first kappa shape index (κ1) is 11.5. The molecular weight excluding hydrogens is 242 g/mol. The molecule has 1 N–H and O–H groups in total. The van der Waals surface area contributed by atoms with Gasteiger partial charge in [0.25, 0.3) is 0 Å².